The maximum Gasteiger partial charge on any atom is 0.407 e. The maximum absolute atomic E-state index is 16.6. The number of halogens is 2. The number of imidazole rings is 2. The molecule has 2 aliphatic carbocycles. The lowest BCUT2D eigenvalue weighted by Gasteiger charge is -2.37. The van der Waals surface area contributed by atoms with Crippen molar-refractivity contribution < 1.29 is 47.3 Å². The van der Waals surface area contributed by atoms with Gasteiger partial charge in [0.2, 0.25) is 11.8 Å². The minimum Gasteiger partial charge on any atom is -0.465 e. The van der Waals surface area contributed by atoms with Gasteiger partial charge in [-0.25, -0.2) is 28.3 Å². The Morgan fingerprint density at radius 3 is 1.70 bits per heavy atom. The second-order valence-electron chi connectivity index (χ2n) is 22.5. The van der Waals surface area contributed by atoms with Gasteiger partial charge in [0.1, 0.15) is 29.4 Å². The number of amides is 4. The van der Waals surface area contributed by atoms with E-state index in [1.807, 2.05) is 39.0 Å². The van der Waals surface area contributed by atoms with E-state index in [4.69, 9.17) is 24.2 Å². The van der Waals surface area contributed by atoms with E-state index in [9.17, 15) is 24.3 Å². The van der Waals surface area contributed by atoms with Crippen molar-refractivity contribution in [3.05, 3.63) is 82.9 Å². The SMILES string of the molecule is COC(=O)N[C@H](C(=O)N1[C@H](c2nc3ccc([C@H]4CC[C@H](c5ccc6nc([C@@H]7C[C@@H]8CCC[C@@H]8N7C(=O)[C@H]([C@@H](C)OC)N(C)C(=O)O)[nH]c6c5)N4c4cc(F)c(N5CCCCC5)c(F)c4)cc3[nH]2)C[C@@H]2CCC[C@@H]21)[C@@H](C)OC. The number of nitrogens with zero attached hydrogens (tertiary/aromatic N) is 7. The Bertz CT molecular complexity index is 3010. The molecule has 20 heteroatoms. The first-order valence-corrected chi connectivity index (χ1v) is 27.7. The number of carbonyl (C=O) groups is 4. The second-order valence-corrected chi connectivity index (χ2v) is 22.5. The number of rotatable bonds is 14. The molecule has 4 N–H and O–H groups in total. The number of likely N-dealkylation sites (tertiary alicyclic amines) is 2. The number of fused-ring (bicyclic) bond motifs is 4. The van der Waals surface area contributed by atoms with Gasteiger partial charge in [0, 0.05) is 52.1 Å². The number of alkyl carbamates (subject to hydrolysis) is 1. The molecule has 6 heterocycles. The number of ether oxygens (including phenoxy) is 3. The van der Waals surface area contributed by atoms with Gasteiger partial charge in [-0.15, -0.1) is 0 Å². The summed E-state index contributed by atoms with van der Waals surface area (Å²) < 4.78 is 49.3. The van der Waals surface area contributed by atoms with Crippen molar-refractivity contribution in [3.63, 3.8) is 0 Å². The third kappa shape index (κ3) is 9.49. The van der Waals surface area contributed by atoms with E-state index >= 15 is 8.78 Å². The van der Waals surface area contributed by atoms with Crippen LogP contribution in [-0.2, 0) is 23.8 Å². The Morgan fingerprint density at radius 1 is 0.688 bits per heavy atom. The van der Waals surface area contributed by atoms with Crippen molar-refractivity contribution >= 4 is 57.4 Å². The van der Waals surface area contributed by atoms with Crippen LogP contribution in [0.3, 0.4) is 0 Å². The summed E-state index contributed by atoms with van der Waals surface area (Å²) in [7, 11) is 5.65. The predicted molar refractivity (Wildman–Crippen MR) is 284 cm³/mol. The summed E-state index contributed by atoms with van der Waals surface area (Å²) in [6.45, 7) is 4.64. The van der Waals surface area contributed by atoms with Crippen molar-refractivity contribution in [3.8, 4) is 0 Å². The van der Waals surface area contributed by atoms with Gasteiger partial charge in [0.05, 0.1) is 65.6 Å². The molecule has 4 saturated heterocycles. The van der Waals surface area contributed by atoms with Crippen LogP contribution in [0.1, 0.15) is 144 Å². The van der Waals surface area contributed by atoms with Gasteiger partial charge in [-0.3, -0.25) is 14.5 Å². The van der Waals surface area contributed by atoms with E-state index in [1.165, 1.54) is 40.5 Å². The zero-order valence-electron chi connectivity index (χ0n) is 44.8. The normalized spacial score (nSPS) is 26.8. The van der Waals surface area contributed by atoms with Crippen molar-refractivity contribution in [2.45, 2.75) is 158 Å². The number of hydrogen-bond donors (Lipinski definition) is 4. The minimum absolute atomic E-state index is 0.00685. The Balaban J connectivity index is 0.933. The summed E-state index contributed by atoms with van der Waals surface area (Å²) in [4.78, 5) is 80.1. The summed E-state index contributed by atoms with van der Waals surface area (Å²) in [5, 5.41) is 12.7. The fourth-order valence-corrected chi connectivity index (χ4v) is 14.4. The number of hydrogen-bond acceptors (Lipinski definition) is 11. The quantitative estimate of drug-likeness (QED) is 0.0822. The number of carbonyl (C=O) groups excluding carboxylic acids is 3. The van der Waals surface area contributed by atoms with Crippen LogP contribution in [0.2, 0.25) is 0 Å². The molecule has 12 atom stereocenters. The highest BCUT2D eigenvalue weighted by Gasteiger charge is 2.52. The van der Waals surface area contributed by atoms with Crippen LogP contribution in [0.4, 0.5) is 29.7 Å². The number of aromatic nitrogens is 4. The van der Waals surface area contributed by atoms with Gasteiger partial charge in [0.15, 0.2) is 11.6 Å². The van der Waals surface area contributed by atoms with Gasteiger partial charge >= 0.3 is 12.2 Å². The van der Waals surface area contributed by atoms with Gasteiger partial charge in [-0.1, -0.05) is 25.0 Å². The van der Waals surface area contributed by atoms with Crippen molar-refractivity contribution in [2.24, 2.45) is 11.8 Å². The van der Waals surface area contributed by atoms with Gasteiger partial charge in [-0.05, 0) is 144 Å². The number of carboxylic acid groups (broad SMARTS) is 1. The van der Waals surface area contributed by atoms with Crippen molar-refractivity contribution in [1.82, 2.24) is 40.0 Å². The molecule has 0 radical (unpaired) electrons. The molecule has 4 amide bonds. The van der Waals surface area contributed by atoms with Crippen LogP contribution in [0.15, 0.2) is 48.5 Å². The Morgan fingerprint density at radius 2 is 1.21 bits per heavy atom. The number of aromatic amines is 2. The van der Waals surface area contributed by atoms with Gasteiger partial charge < -0.3 is 54.2 Å². The summed E-state index contributed by atoms with van der Waals surface area (Å²) in [5.41, 5.74) is 5.24. The summed E-state index contributed by atoms with van der Waals surface area (Å²) in [6.07, 6.45) is 7.86. The maximum atomic E-state index is 16.6. The van der Waals surface area contributed by atoms with Gasteiger partial charge in [-0.2, -0.15) is 0 Å². The molecule has 18 nitrogen and oxygen atoms in total. The highest BCUT2D eigenvalue weighted by molar-refractivity contribution is 5.88. The summed E-state index contributed by atoms with van der Waals surface area (Å²) in [5.74, 6) is 0.0473. The number of likely N-dealkylation sites (N-methyl/N-ethyl adjacent to an activating group) is 1. The number of nitrogens with one attached hydrogen (secondary N) is 3. The third-order valence-electron chi connectivity index (χ3n) is 18.3. The molecule has 0 bridgehead atoms. The van der Waals surface area contributed by atoms with E-state index in [2.05, 4.69) is 32.3 Å². The highest BCUT2D eigenvalue weighted by atomic mass is 19.1. The predicted octanol–water partition coefficient (Wildman–Crippen LogP) is 9.45. The molecule has 6 aliphatic rings. The van der Waals surface area contributed by atoms with Crippen LogP contribution in [0.5, 0.6) is 0 Å². The third-order valence-corrected chi connectivity index (χ3v) is 18.3. The molecule has 2 aromatic heterocycles. The molecule has 3 aromatic carbocycles. The van der Waals surface area contributed by atoms with E-state index in [-0.39, 0.29) is 59.5 Å². The summed E-state index contributed by atoms with van der Waals surface area (Å²) in [6, 6.07) is 11.6. The molecule has 0 unspecified atom stereocenters. The Kier molecular flexibility index (Phi) is 14.6. The average Bonchev–Trinajstić information content (AvgIpc) is 4.34. The van der Waals surface area contributed by atoms with Crippen molar-refractivity contribution in [1.29, 1.82) is 0 Å². The molecule has 5 aromatic rings. The minimum atomic E-state index is -1.22. The number of piperidine rings is 1. The molecule has 2 saturated carbocycles. The number of methoxy groups -OCH3 is 3. The molecular formula is C57H72F2N10O8. The van der Waals surface area contributed by atoms with E-state index < -0.39 is 54.2 Å². The van der Waals surface area contributed by atoms with E-state index in [0.29, 0.717) is 55.2 Å². The number of benzene rings is 3. The van der Waals surface area contributed by atoms with Crippen LogP contribution in [0, 0.1) is 23.5 Å². The monoisotopic (exact) mass is 1060 g/mol. The van der Waals surface area contributed by atoms with Crippen LogP contribution in [-0.4, -0.2) is 142 Å². The molecule has 77 heavy (non-hydrogen) atoms. The Labute approximate surface area is 447 Å². The number of anilines is 2. The largest absolute Gasteiger partial charge is 0.465 e. The van der Waals surface area contributed by atoms with Crippen LogP contribution in [0.25, 0.3) is 22.1 Å². The fraction of sp³-hybridized carbons (Fsp3) is 0.579. The first-order chi connectivity index (χ1) is 37.2. The molecular weight excluding hydrogens is 991 g/mol. The molecule has 11 rings (SSSR count). The molecule has 412 valence electrons. The topological polar surface area (TPSA) is 202 Å². The highest BCUT2D eigenvalue weighted by Crippen LogP contribution is 2.52. The Hall–Kier alpha value is -6.54. The molecule has 6 fully saturated rings. The lowest BCUT2D eigenvalue weighted by atomic mass is 10.0. The first-order valence-electron chi connectivity index (χ1n) is 27.7. The van der Waals surface area contributed by atoms with Crippen molar-refractivity contribution in [2.75, 3.05) is 51.3 Å². The average molecular weight is 1060 g/mol. The molecule has 4 aliphatic heterocycles. The summed E-state index contributed by atoms with van der Waals surface area (Å²) >= 11 is 0. The zero-order valence-corrected chi connectivity index (χ0v) is 44.8. The van der Waals surface area contributed by atoms with Crippen LogP contribution >= 0.6 is 0 Å². The lowest BCUT2D eigenvalue weighted by Crippen LogP contribution is -2.56. The zero-order chi connectivity index (χ0) is 54.0. The molecule has 0 spiro atoms. The van der Waals surface area contributed by atoms with Crippen LogP contribution < -0.4 is 15.1 Å². The number of H-pyrrole nitrogens is 2. The fourth-order valence-electron chi connectivity index (χ4n) is 14.4. The standard InChI is InChI=1S/C57H72F2N10O8/c1-30(75-4)49(64-56(72)77-6)54(70)68-43-14-10-12-32(43)26-47(68)52-60-39-18-16-34(24-41(39)62-52)45-20-21-46(67(45)36-28-37(58)51(38(59)29-36)66-22-8-7-9-23-66)35-17-19-40-42(25-35)63-53(61-40)48-27-33-13-11-15-44(33)69(48)55(71)50(31(2)76-5)65(3)57(73)74/h16-19,24-25,28-33,43-50H,7-15,20-23,26-27H2,1-6H3,(H,60,62)(H,61,63)(H,64,72)(H,73,74)/t30-,31-,32+,33+,43+,44+,45-,46-,47+,48+,49+,50+/m1/s1. The second kappa shape index (κ2) is 21.4. The smallest absolute Gasteiger partial charge is 0.407 e. The lowest BCUT2D eigenvalue weighted by molar-refractivity contribution is -0.144. The first kappa shape index (κ1) is 52.5. The van der Waals surface area contributed by atoms with Gasteiger partial charge in [0.25, 0.3) is 0 Å². The van der Waals surface area contributed by atoms with E-state index in [0.717, 1.165) is 96.8 Å². The van der Waals surface area contributed by atoms with E-state index in [1.54, 1.807) is 13.8 Å².